The molecule has 16 heavy (non-hydrogen) atoms. The number of hydrogen-bond acceptors (Lipinski definition) is 4. The minimum absolute atomic E-state index is 0.0174. The second kappa shape index (κ2) is 5.06. The summed E-state index contributed by atoms with van der Waals surface area (Å²) in [4.78, 5) is 25.7. The van der Waals surface area contributed by atoms with Gasteiger partial charge in [0.25, 0.3) is 5.91 Å². The molecule has 0 aromatic carbocycles. The minimum Gasteiger partial charge on any atom is -0.372 e. The highest BCUT2D eigenvalue weighted by molar-refractivity contribution is 6.00. The molecule has 0 aliphatic heterocycles. The van der Waals surface area contributed by atoms with Gasteiger partial charge in [-0.2, -0.15) is 0 Å². The Hall–Kier alpha value is -2.18. The van der Waals surface area contributed by atoms with Crippen LogP contribution in [0, 0.1) is 5.82 Å². The monoisotopic (exact) mass is 226 g/mol. The zero-order valence-electron chi connectivity index (χ0n) is 8.58. The number of nitrogens with one attached hydrogen (secondary N) is 2. The fourth-order valence-corrected chi connectivity index (χ4v) is 1.07. The molecule has 1 heterocycles. The number of hydrogen-bond donors (Lipinski definition) is 3. The predicted molar refractivity (Wildman–Crippen MR) is 55.3 cm³/mol. The van der Waals surface area contributed by atoms with Gasteiger partial charge < -0.3 is 16.4 Å². The molecule has 0 spiro atoms. The van der Waals surface area contributed by atoms with E-state index < -0.39 is 17.6 Å². The van der Waals surface area contributed by atoms with Crippen LogP contribution in [0.5, 0.6) is 0 Å². The molecule has 0 atom stereocenters. The molecule has 1 rings (SSSR count). The summed E-state index contributed by atoms with van der Waals surface area (Å²) in [5.74, 6) is -1.70. The number of carbonyl (C=O) groups excluding carboxylic acids is 2. The first-order valence-electron chi connectivity index (χ1n) is 4.44. The lowest BCUT2D eigenvalue weighted by molar-refractivity contribution is -0.117. The molecular formula is C9H11FN4O2. The number of amides is 2. The van der Waals surface area contributed by atoms with Crippen LogP contribution in [0.25, 0.3) is 0 Å². The number of pyridine rings is 1. The molecule has 4 N–H and O–H groups in total. The Morgan fingerprint density at radius 3 is 2.81 bits per heavy atom. The van der Waals surface area contributed by atoms with Gasteiger partial charge in [-0.1, -0.05) is 0 Å². The molecule has 6 nitrogen and oxygen atoms in total. The lowest BCUT2D eigenvalue weighted by Crippen LogP contribution is -2.33. The Morgan fingerprint density at radius 2 is 2.25 bits per heavy atom. The van der Waals surface area contributed by atoms with Crippen molar-refractivity contribution in [3.05, 3.63) is 23.6 Å². The van der Waals surface area contributed by atoms with Crippen LogP contribution in [0.4, 0.5) is 10.2 Å². The van der Waals surface area contributed by atoms with Crippen LogP contribution in [0.3, 0.4) is 0 Å². The Morgan fingerprint density at radius 1 is 1.56 bits per heavy atom. The molecule has 0 bridgehead atoms. The molecule has 0 radical (unpaired) electrons. The second-order valence-corrected chi connectivity index (χ2v) is 2.95. The van der Waals surface area contributed by atoms with Gasteiger partial charge in [0.15, 0.2) is 0 Å². The third kappa shape index (κ3) is 2.91. The molecule has 86 valence electrons. The summed E-state index contributed by atoms with van der Waals surface area (Å²) in [5.41, 5.74) is 4.88. The summed E-state index contributed by atoms with van der Waals surface area (Å²) in [6, 6.07) is 1.02. The number of rotatable bonds is 4. The van der Waals surface area contributed by atoms with E-state index in [2.05, 4.69) is 15.6 Å². The third-order valence-electron chi connectivity index (χ3n) is 1.76. The van der Waals surface area contributed by atoms with Crippen LogP contribution >= 0.6 is 0 Å². The molecule has 0 saturated heterocycles. The van der Waals surface area contributed by atoms with Gasteiger partial charge in [0.2, 0.25) is 5.91 Å². The molecule has 0 fully saturated rings. The van der Waals surface area contributed by atoms with E-state index in [-0.39, 0.29) is 17.9 Å². The van der Waals surface area contributed by atoms with Gasteiger partial charge in [-0.3, -0.25) is 9.59 Å². The van der Waals surface area contributed by atoms with Crippen LogP contribution < -0.4 is 16.4 Å². The number of halogens is 1. The van der Waals surface area contributed by atoms with Crippen LogP contribution in [0.15, 0.2) is 12.3 Å². The zero-order chi connectivity index (χ0) is 12.1. The van der Waals surface area contributed by atoms with Gasteiger partial charge in [-0.05, 0) is 6.07 Å². The van der Waals surface area contributed by atoms with E-state index in [0.717, 1.165) is 12.3 Å². The molecule has 2 amide bonds. The quantitative estimate of drug-likeness (QED) is 0.643. The van der Waals surface area contributed by atoms with Crippen LogP contribution in [-0.4, -0.2) is 30.4 Å². The van der Waals surface area contributed by atoms with Crippen molar-refractivity contribution in [1.82, 2.24) is 10.3 Å². The van der Waals surface area contributed by atoms with Gasteiger partial charge in [0, 0.05) is 7.05 Å². The number of aromatic nitrogens is 1. The summed E-state index contributed by atoms with van der Waals surface area (Å²) >= 11 is 0. The average Bonchev–Trinajstić information content (AvgIpc) is 2.25. The first-order valence-corrected chi connectivity index (χ1v) is 4.44. The Bertz CT molecular complexity index is 422. The maximum Gasteiger partial charge on any atom is 0.255 e. The van der Waals surface area contributed by atoms with Crippen molar-refractivity contribution in [2.45, 2.75) is 0 Å². The lowest BCUT2D eigenvalue weighted by atomic mass is 10.2. The second-order valence-electron chi connectivity index (χ2n) is 2.95. The molecule has 0 aliphatic rings. The normalized spacial score (nSPS) is 9.62. The van der Waals surface area contributed by atoms with E-state index >= 15 is 0 Å². The molecule has 0 aliphatic carbocycles. The van der Waals surface area contributed by atoms with Crippen molar-refractivity contribution < 1.29 is 14.0 Å². The number of anilines is 1. The first-order chi connectivity index (χ1) is 7.54. The maximum absolute atomic E-state index is 12.9. The van der Waals surface area contributed by atoms with E-state index in [1.165, 1.54) is 0 Å². The number of carbonyl (C=O) groups is 2. The Balaban J connectivity index is 2.88. The molecule has 0 unspecified atom stereocenters. The van der Waals surface area contributed by atoms with E-state index in [4.69, 9.17) is 5.73 Å². The SMILES string of the molecule is CNc1ncc(F)cc1C(=O)NCC(N)=O. The average molecular weight is 226 g/mol. The fraction of sp³-hybridized carbons (Fsp3) is 0.222. The molecule has 7 heteroatoms. The van der Waals surface area contributed by atoms with E-state index in [9.17, 15) is 14.0 Å². The Labute approximate surface area is 91.0 Å². The van der Waals surface area contributed by atoms with Gasteiger partial charge >= 0.3 is 0 Å². The minimum atomic E-state index is -0.677. The summed E-state index contributed by atoms with van der Waals surface area (Å²) in [5, 5.41) is 4.88. The third-order valence-corrected chi connectivity index (χ3v) is 1.76. The Kier molecular flexibility index (Phi) is 3.76. The lowest BCUT2D eigenvalue weighted by Gasteiger charge is -2.07. The van der Waals surface area contributed by atoms with Crippen LogP contribution in [0.2, 0.25) is 0 Å². The summed E-state index contributed by atoms with van der Waals surface area (Å²) in [6.07, 6.45) is 0.983. The van der Waals surface area contributed by atoms with E-state index in [1.807, 2.05) is 0 Å². The molecule has 0 saturated carbocycles. The van der Waals surface area contributed by atoms with Crippen molar-refractivity contribution >= 4 is 17.6 Å². The standard InChI is InChI=1S/C9H11FN4O2/c1-12-8-6(2-5(10)3-13-8)9(16)14-4-7(11)15/h2-3H,4H2,1H3,(H2,11,15)(H,12,13)(H,14,16). The number of nitrogens with two attached hydrogens (primary N) is 1. The maximum atomic E-state index is 12.9. The number of primary amides is 1. The summed E-state index contributed by atoms with van der Waals surface area (Å²) < 4.78 is 12.9. The molecular weight excluding hydrogens is 215 g/mol. The van der Waals surface area contributed by atoms with Crippen LogP contribution in [0.1, 0.15) is 10.4 Å². The van der Waals surface area contributed by atoms with Crippen molar-refractivity contribution in [3.63, 3.8) is 0 Å². The highest BCUT2D eigenvalue weighted by Crippen LogP contribution is 2.12. The number of nitrogens with zero attached hydrogens (tertiary/aromatic N) is 1. The highest BCUT2D eigenvalue weighted by Gasteiger charge is 2.13. The highest BCUT2D eigenvalue weighted by atomic mass is 19.1. The van der Waals surface area contributed by atoms with Crippen LogP contribution in [-0.2, 0) is 4.79 Å². The van der Waals surface area contributed by atoms with Crippen molar-refractivity contribution in [2.24, 2.45) is 5.73 Å². The largest absolute Gasteiger partial charge is 0.372 e. The van der Waals surface area contributed by atoms with Gasteiger partial charge in [0.1, 0.15) is 11.6 Å². The van der Waals surface area contributed by atoms with E-state index in [1.54, 1.807) is 7.05 Å². The topological polar surface area (TPSA) is 97.1 Å². The summed E-state index contributed by atoms with van der Waals surface area (Å²) in [6.45, 7) is -0.307. The van der Waals surface area contributed by atoms with Gasteiger partial charge in [0.05, 0.1) is 18.3 Å². The van der Waals surface area contributed by atoms with Gasteiger partial charge in [-0.15, -0.1) is 0 Å². The predicted octanol–water partition coefficient (Wildman–Crippen LogP) is -0.523. The van der Waals surface area contributed by atoms with Crippen molar-refractivity contribution in [3.8, 4) is 0 Å². The fourth-order valence-electron chi connectivity index (χ4n) is 1.07. The van der Waals surface area contributed by atoms with Gasteiger partial charge in [-0.25, -0.2) is 9.37 Å². The smallest absolute Gasteiger partial charge is 0.255 e. The van der Waals surface area contributed by atoms with Crippen molar-refractivity contribution in [1.29, 1.82) is 0 Å². The van der Waals surface area contributed by atoms with Crippen molar-refractivity contribution in [2.75, 3.05) is 18.9 Å². The summed E-state index contributed by atoms with van der Waals surface area (Å²) in [7, 11) is 1.55. The zero-order valence-corrected chi connectivity index (χ0v) is 8.58. The first kappa shape index (κ1) is 11.9. The van der Waals surface area contributed by atoms with E-state index in [0.29, 0.717) is 0 Å². The molecule has 1 aromatic rings. The molecule has 1 aromatic heterocycles.